The first-order valence-corrected chi connectivity index (χ1v) is 0. The van der Waals surface area contributed by atoms with Crippen LogP contribution in [0.3, 0.4) is 0 Å². The van der Waals surface area contributed by atoms with Gasteiger partial charge in [-0.15, -0.1) is 0 Å². The van der Waals surface area contributed by atoms with Gasteiger partial charge in [0.05, 0.1) is 0 Å². The van der Waals surface area contributed by atoms with Gasteiger partial charge < -0.3 is 0 Å². The van der Waals surface area contributed by atoms with Crippen LogP contribution in [0.15, 0.2) is 0 Å². The van der Waals surface area contributed by atoms with Gasteiger partial charge in [-0.3, -0.25) is 0 Å². The van der Waals surface area contributed by atoms with Crippen LogP contribution in [0.2, 0.25) is 0 Å². The van der Waals surface area contributed by atoms with Gasteiger partial charge >= 0.3 is 0 Å². The van der Waals surface area contributed by atoms with Gasteiger partial charge in [-0.05, 0) is 0 Å². The van der Waals surface area contributed by atoms with Crippen molar-refractivity contribution in [2.24, 2.45) is 0 Å². The molecule has 0 fully saturated rings. The zero-order valence-corrected chi connectivity index (χ0v) is 7.09. The third kappa shape index (κ3) is 8.83. The number of hydrogen-bond donors (Lipinski definition) is 0. The fourth-order valence-electron chi connectivity index (χ4n) is 0. The first-order chi connectivity index (χ1) is 0. The SMILES string of the molecule is P.[Li].[Mg].[V]. The molecular weight excluding hydrogens is 113 g/mol. The predicted molar refractivity (Wildman–Crippen MR) is 22.6 cm³/mol. The summed E-state index contributed by atoms with van der Waals surface area (Å²) in [6, 6.07) is 0. The summed E-state index contributed by atoms with van der Waals surface area (Å²) in [5.74, 6) is 0. The van der Waals surface area contributed by atoms with Gasteiger partial charge in [0.1, 0.15) is 0 Å². The second kappa shape index (κ2) is 18.2. The first-order valence-electron chi connectivity index (χ1n) is 0. The predicted octanol–water partition coefficient (Wildman–Crippen LogP) is -0.706. The van der Waals surface area contributed by atoms with Crippen molar-refractivity contribution in [3.05, 3.63) is 0 Å². The van der Waals surface area contributed by atoms with Gasteiger partial charge in [0, 0.05) is 60.5 Å². The molecule has 0 nitrogen and oxygen atoms in total. The maximum Gasteiger partial charge on any atom is 0 e. The topological polar surface area (TPSA) is 0 Å². The Morgan fingerprint density at radius 3 is 1.00 bits per heavy atom. The van der Waals surface area contributed by atoms with E-state index in [4.69, 9.17) is 0 Å². The fraction of sp³-hybridized carbons (Fsp3) is 0. The van der Waals surface area contributed by atoms with E-state index in [2.05, 4.69) is 0 Å². The van der Waals surface area contributed by atoms with E-state index in [1.54, 1.807) is 0 Å². The average molecular weight is 116 g/mol. The third-order valence-electron chi connectivity index (χ3n) is 0. The Balaban J connectivity index is 0. The standard InChI is InChI=1S/Li.Mg.H3P.V/h;;1H3;. The minimum atomic E-state index is 0. The Morgan fingerprint density at radius 2 is 1.00 bits per heavy atom. The molecule has 0 aromatic carbocycles. The van der Waals surface area contributed by atoms with Gasteiger partial charge in [-0.1, -0.05) is 0 Å². The van der Waals surface area contributed by atoms with E-state index >= 15 is 0 Å². The van der Waals surface area contributed by atoms with Crippen LogP contribution in [0.4, 0.5) is 0 Å². The first kappa shape index (κ1) is 32.6. The molecule has 1 unspecified atom stereocenters. The van der Waals surface area contributed by atoms with Crippen LogP contribution in [0.5, 0.6) is 0 Å². The molecule has 0 rings (SSSR count). The molecule has 0 aromatic rings. The molecule has 1 atom stereocenters. The molecule has 0 heterocycles. The van der Waals surface area contributed by atoms with Crippen molar-refractivity contribution in [3.8, 4) is 0 Å². The second-order valence-electron chi connectivity index (χ2n) is 0. The van der Waals surface area contributed by atoms with Gasteiger partial charge in [0.15, 0.2) is 0 Å². The molecule has 0 aliphatic carbocycles. The monoisotopic (exact) mass is 116 g/mol. The average Bonchev–Trinajstić information content (AvgIpc) is 0. The normalized spacial score (nSPS) is 0. The Labute approximate surface area is 69.7 Å². The molecule has 0 saturated carbocycles. The summed E-state index contributed by atoms with van der Waals surface area (Å²) >= 11 is 0. The zero-order chi connectivity index (χ0) is 0. The van der Waals surface area contributed by atoms with E-state index in [0.717, 1.165) is 0 Å². The fourth-order valence-corrected chi connectivity index (χ4v) is 0. The molecule has 4 radical (unpaired) electrons. The van der Waals surface area contributed by atoms with E-state index in [1.807, 2.05) is 0 Å². The molecule has 0 N–H and O–H groups in total. The quantitative estimate of drug-likeness (QED) is 0.290. The maximum atomic E-state index is 0. The number of rotatable bonds is 0. The van der Waals surface area contributed by atoms with Gasteiger partial charge in [-0.25, -0.2) is 0 Å². The molecular formula is H3LiMgPV. The summed E-state index contributed by atoms with van der Waals surface area (Å²) in [4.78, 5) is 0. The molecule has 0 aromatic heterocycles. The van der Waals surface area contributed by atoms with E-state index in [9.17, 15) is 0 Å². The molecule has 0 spiro atoms. The van der Waals surface area contributed by atoms with E-state index in [1.165, 1.54) is 0 Å². The molecule has 0 bridgehead atoms. The van der Waals surface area contributed by atoms with E-state index in [-0.39, 0.29) is 70.4 Å². The van der Waals surface area contributed by atoms with Crippen LogP contribution >= 0.6 is 9.90 Å². The van der Waals surface area contributed by atoms with Crippen LogP contribution in [0, 0.1) is 0 Å². The third-order valence-corrected chi connectivity index (χ3v) is 0. The summed E-state index contributed by atoms with van der Waals surface area (Å²) in [5.41, 5.74) is 0. The van der Waals surface area contributed by atoms with Gasteiger partial charge in [0.25, 0.3) is 0 Å². The number of hydrogen-bond acceptors (Lipinski definition) is 0. The Hall–Kier alpha value is 2.38. The van der Waals surface area contributed by atoms with Gasteiger partial charge in [0.2, 0.25) is 0 Å². The minimum absolute atomic E-state index is 0. The molecule has 0 aliphatic heterocycles. The minimum Gasteiger partial charge on any atom is -0.153 e. The Bertz CT molecular complexity index is 8.00. The second-order valence-corrected chi connectivity index (χ2v) is 0. The van der Waals surface area contributed by atoms with Crippen molar-refractivity contribution in [2.45, 2.75) is 0 Å². The van der Waals surface area contributed by atoms with Gasteiger partial charge in [-0.2, -0.15) is 9.90 Å². The van der Waals surface area contributed by atoms with Crippen LogP contribution in [0.25, 0.3) is 0 Å². The van der Waals surface area contributed by atoms with Crippen LogP contribution < -0.4 is 0 Å². The van der Waals surface area contributed by atoms with Crippen LogP contribution in [-0.2, 0) is 18.6 Å². The zero-order valence-electron chi connectivity index (χ0n) is 2.86. The molecule has 0 aliphatic rings. The largest absolute Gasteiger partial charge is 0.153 e. The van der Waals surface area contributed by atoms with Crippen molar-refractivity contribution in [3.63, 3.8) is 0 Å². The summed E-state index contributed by atoms with van der Waals surface area (Å²) in [7, 11) is 0. The van der Waals surface area contributed by atoms with E-state index < -0.39 is 0 Å². The van der Waals surface area contributed by atoms with Crippen LogP contribution in [0.1, 0.15) is 0 Å². The summed E-state index contributed by atoms with van der Waals surface area (Å²) in [5, 5.41) is 0. The van der Waals surface area contributed by atoms with E-state index in [0.29, 0.717) is 0 Å². The van der Waals surface area contributed by atoms with Crippen LogP contribution in [-0.4, -0.2) is 41.9 Å². The van der Waals surface area contributed by atoms with Crippen molar-refractivity contribution in [2.75, 3.05) is 0 Å². The summed E-state index contributed by atoms with van der Waals surface area (Å²) in [6.45, 7) is 0. The van der Waals surface area contributed by atoms with Crippen molar-refractivity contribution >= 4 is 51.8 Å². The molecule has 0 amide bonds. The Kier molecular flexibility index (Phi) is 149. The molecule has 4 heavy (non-hydrogen) atoms. The smallest absolute Gasteiger partial charge is 0 e. The molecule has 4 heteroatoms. The maximum absolute atomic E-state index is 0. The Morgan fingerprint density at radius 1 is 1.00 bits per heavy atom. The summed E-state index contributed by atoms with van der Waals surface area (Å²) < 4.78 is 0. The molecule has 0 saturated heterocycles. The van der Waals surface area contributed by atoms with Crippen molar-refractivity contribution in [1.82, 2.24) is 0 Å². The van der Waals surface area contributed by atoms with Crippen molar-refractivity contribution < 1.29 is 18.6 Å². The molecule has 16 valence electrons. The summed E-state index contributed by atoms with van der Waals surface area (Å²) in [6.07, 6.45) is 0. The van der Waals surface area contributed by atoms with Crippen molar-refractivity contribution in [1.29, 1.82) is 0 Å².